The maximum atomic E-state index is 12.1. The number of sulfonamides is 1. The van der Waals surface area contributed by atoms with Crippen LogP contribution in [0.5, 0.6) is 5.75 Å². The number of nitrogens with one attached hydrogen (secondary N) is 1. The monoisotopic (exact) mass is 315 g/mol. The molecule has 0 atom stereocenters. The number of carbonyl (C=O) groups is 1. The second-order valence-corrected chi connectivity index (χ2v) is 6.84. The SMILES string of the molecule is COc1ccc(S(=O)(=O)NCC2(O)CCC2)cc1C(=O)O. The molecule has 1 aliphatic carbocycles. The molecule has 0 aliphatic heterocycles. The predicted octanol–water partition coefficient (Wildman–Crippen LogP) is 0.587. The minimum atomic E-state index is -3.88. The molecule has 3 N–H and O–H groups in total. The largest absolute Gasteiger partial charge is 0.496 e. The van der Waals surface area contributed by atoms with Crippen LogP contribution in [0.2, 0.25) is 0 Å². The summed E-state index contributed by atoms with van der Waals surface area (Å²) in [6, 6.07) is 3.59. The van der Waals surface area contributed by atoms with Gasteiger partial charge in [0.1, 0.15) is 11.3 Å². The molecule has 0 radical (unpaired) electrons. The van der Waals surface area contributed by atoms with E-state index in [-0.39, 0.29) is 22.8 Å². The van der Waals surface area contributed by atoms with Gasteiger partial charge < -0.3 is 14.9 Å². The molecule has 116 valence electrons. The van der Waals surface area contributed by atoms with Crippen molar-refractivity contribution in [2.24, 2.45) is 0 Å². The lowest BCUT2D eigenvalue weighted by atomic mass is 9.81. The molecular weight excluding hydrogens is 298 g/mol. The minimum Gasteiger partial charge on any atom is -0.496 e. The summed E-state index contributed by atoms with van der Waals surface area (Å²) in [6.45, 7) is -0.0796. The van der Waals surface area contributed by atoms with E-state index in [9.17, 15) is 18.3 Å². The lowest BCUT2D eigenvalue weighted by Gasteiger charge is -2.36. The number of carboxylic acids is 1. The first-order valence-electron chi connectivity index (χ1n) is 6.41. The average Bonchev–Trinajstić information content (AvgIpc) is 2.42. The number of benzene rings is 1. The fourth-order valence-electron chi connectivity index (χ4n) is 2.10. The smallest absolute Gasteiger partial charge is 0.339 e. The van der Waals surface area contributed by atoms with Gasteiger partial charge >= 0.3 is 5.97 Å². The fraction of sp³-hybridized carbons (Fsp3) is 0.462. The Morgan fingerprint density at radius 2 is 2.10 bits per heavy atom. The molecule has 21 heavy (non-hydrogen) atoms. The van der Waals surface area contributed by atoms with Crippen LogP contribution in [0.25, 0.3) is 0 Å². The molecule has 0 saturated heterocycles. The molecule has 1 aromatic rings. The highest BCUT2D eigenvalue weighted by molar-refractivity contribution is 7.89. The first-order chi connectivity index (χ1) is 9.77. The van der Waals surface area contributed by atoms with Crippen LogP contribution in [0.15, 0.2) is 23.1 Å². The van der Waals surface area contributed by atoms with Gasteiger partial charge in [0.2, 0.25) is 10.0 Å². The number of rotatable bonds is 6. The molecule has 0 heterocycles. The molecule has 7 nitrogen and oxygen atoms in total. The van der Waals surface area contributed by atoms with Gasteiger partial charge in [-0.25, -0.2) is 17.9 Å². The number of aliphatic hydroxyl groups is 1. The molecular formula is C13H17NO6S. The maximum Gasteiger partial charge on any atom is 0.339 e. The highest BCUT2D eigenvalue weighted by Crippen LogP contribution is 2.31. The van der Waals surface area contributed by atoms with Gasteiger partial charge in [-0.3, -0.25) is 0 Å². The minimum absolute atomic E-state index is 0.0796. The van der Waals surface area contributed by atoms with Crippen molar-refractivity contribution in [2.75, 3.05) is 13.7 Å². The number of ether oxygens (including phenoxy) is 1. The average molecular weight is 315 g/mol. The van der Waals surface area contributed by atoms with Crippen molar-refractivity contribution in [1.29, 1.82) is 0 Å². The molecule has 8 heteroatoms. The van der Waals surface area contributed by atoms with Crippen molar-refractivity contribution in [2.45, 2.75) is 29.8 Å². The lowest BCUT2D eigenvalue weighted by Crippen LogP contribution is -2.47. The van der Waals surface area contributed by atoms with E-state index in [1.165, 1.54) is 19.2 Å². The fourth-order valence-corrected chi connectivity index (χ4v) is 3.24. The highest BCUT2D eigenvalue weighted by Gasteiger charge is 2.35. The van der Waals surface area contributed by atoms with Gasteiger partial charge in [-0.05, 0) is 37.5 Å². The van der Waals surface area contributed by atoms with Crippen molar-refractivity contribution in [3.05, 3.63) is 23.8 Å². The van der Waals surface area contributed by atoms with Crippen molar-refractivity contribution >= 4 is 16.0 Å². The zero-order valence-electron chi connectivity index (χ0n) is 11.5. The summed E-state index contributed by atoms with van der Waals surface area (Å²) in [5.74, 6) is -1.19. The number of hydrogen-bond donors (Lipinski definition) is 3. The van der Waals surface area contributed by atoms with Crippen LogP contribution in [0, 0.1) is 0 Å². The second kappa shape index (κ2) is 5.63. The second-order valence-electron chi connectivity index (χ2n) is 5.07. The molecule has 2 rings (SSSR count). The number of methoxy groups -OCH3 is 1. The number of carboxylic acid groups (broad SMARTS) is 1. The predicted molar refractivity (Wildman–Crippen MR) is 73.9 cm³/mol. The molecule has 1 aliphatic rings. The normalized spacial score (nSPS) is 17.0. The molecule has 0 spiro atoms. The third-order valence-electron chi connectivity index (χ3n) is 3.59. The summed E-state index contributed by atoms with van der Waals surface area (Å²) < 4.78 is 31.5. The van der Waals surface area contributed by atoms with E-state index >= 15 is 0 Å². The van der Waals surface area contributed by atoms with E-state index in [4.69, 9.17) is 9.84 Å². The number of hydrogen-bond acceptors (Lipinski definition) is 5. The molecule has 1 saturated carbocycles. The Labute approximate surface area is 122 Å². The molecule has 0 unspecified atom stereocenters. The zero-order valence-corrected chi connectivity index (χ0v) is 12.3. The topological polar surface area (TPSA) is 113 Å². The van der Waals surface area contributed by atoms with E-state index in [1.807, 2.05) is 0 Å². The van der Waals surface area contributed by atoms with Crippen molar-refractivity contribution in [1.82, 2.24) is 4.72 Å². The Kier molecular flexibility index (Phi) is 4.22. The molecule has 0 amide bonds. The van der Waals surface area contributed by atoms with Crippen molar-refractivity contribution < 1.29 is 28.2 Å². The lowest BCUT2D eigenvalue weighted by molar-refractivity contribution is -0.0271. The van der Waals surface area contributed by atoms with E-state index in [0.29, 0.717) is 12.8 Å². The standard InChI is InChI=1S/C13H17NO6S/c1-20-11-4-3-9(7-10(11)12(15)16)21(18,19)14-8-13(17)5-2-6-13/h3-4,7,14,17H,2,5-6,8H2,1H3,(H,15,16). The van der Waals surface area contributed by atoms with E-state index in [1.54, 1.807) is 0 Å². The van der Waals surface area contributed by atoms with Gasteiger partial charge in [-0.2, -0.15) is 0 Å². The summed E-state index contributed by atoms with van der Waals surface area (Å²) in [7, 11) is -2.57. The highest BCUT2D eigenvalue weighted by atomic mass is 32.2. The summed E-state index contributed by atoms with van der Waals surface area (Å²) in [5.41, 5.74) is -1.22. The molecule has 0 bridgehead atoms. The van der Waals surface area contributed by atoms with E-state index in [2.05, 4.69) is 4.72 Å². The van der Waals surface area contributed by atoms with Crippen LogP contribution in [-0.4, -0.2) is 43.9 Å². The Morgan fingerprint density at radius 3 is 2.57 bits per heavy atom. The van der Waals surface area contributed by atoms with Crippen LogP contribution >= 0.6 is 0 Å². The van der Waals surface area contributed by atoms with Crippen molar-refractivity contribution in [3.8, 4) is 5.75 Å². The van der Waals surface area contributed by atoms with Gasteiger partial charge in [0.05, 0.1) is 17.6 Å². The molecule has 1 aromatic carbocycles. The summed E-state index contributed by atoms with van der Waals surface area (Å²) in [5, 5.41) is 19.0. The van der Waals surface area contributed by atoms with Gasteiger partial charge in [0, 0.05) is 6.54 Å². The quantitative estimate of drug-likeness (QED) is 0.708. The first-order valence-corrected chi connectivity index (χ1v) is 7.89. The Balaban J connectivity index is 2.23. The third-order valence-corrected chi connectivity index (χ3v) is 4.99. The molecule has 0 aromatic heterocycles. The van der Waals surface area contributed by atoms with E-state index in [0.717, 1.165) is 12.5 Å². The maximum absolute atomic E-state index is 12.1. The van der Waals surface area contributed by atoms with Crippen LogP contribution in [0.4, 0.5) is 0 Å². The Hall–Kier alpha value is -1.64. The van der Waals surface area contributed by atoms with Crippen LogP contribution in [0.3, 0.4) is 0 Å². The third kappa shape index (κ3) is 3.34. The van der Waals surface area contributed by atoms with Crippen LogP contribution < -0.4 is 9.46 Å². The van der Waals surface area contributed by atoms with Gasteiger partial charge in [0.15, 0.2) is 0 Å². The van der Waals surface area contributed by atoms with Crippen LogP contribution in [0.1, 0.15) is 29.6 Å². The summed E-state index contributed by atoms with van der Waals surface area (Å²) >= 11 is 0. The van der Waals surface area contributed by atoms with E-state index < -0.39 is 21.6 Å². The molecule has 1 fully saturated rings. The number of aromatic carboxylic acids is 1. The van der Waals surface area contributed by atoms with Crippen LogP contribution in [-0.2, 0) is 10.0 Å². The van der Waals surface area contributed by atoms with Gasteiger partial charge in [-0.15, -0.1) is 0 Å². The van der Waals surface area contributed by atoms with Crippen molar-refractivity contribution in [3.63, 3.8) is 0 Å². The van der Waals surface area contributed by atoms with Gasteiger partial charge in [-0.1, -0.05) is 0 Å². The van der Waals surface area contributed by atoms with Gasteiger partial charge in [0.25, 0.3) is 0 Å². The Morgan fingerprint density at radius 1 is 1.43 bits per heavy atom. The summed E-state index contributed by atoms with van der Waals surface area (Å²) in [4.78, 5) is 10.9. The summed E-state index contributed by atoms with van der Waals surface area (Å²) in [6.07, 6.45) is 1.97. The Bertz CT molecular complexity index is 651. The first kappa shape index (κ1) is 15.7. The zero-order chi connectivity index (χ0) is 15.7.